The summed E-state index contributed by atoms with van der Waals surface area (Å²) in [5, 5.41) is 0. The van der Waals surface area contributed by atoms with Crippen LogP contribution in [0.4, 0.5) is 0 Å². The normalized spacial score (nSPS) is 22.2. The third-order valence-electron chi connectivity index (χ3n) is 4.44. The summed E-state index contributed by atoms with van der Waals surface area (Å²) in [7, 11) is 1.85. The minimum absolute atomic E-state index is 0. The van der Waals surface area contributed by atoms with Crippen molar-refractivity contribution in [2.75, 3.05) is 26.9 Å². The molecule has 0 saturated carbocycles. The third-order valence-corrected chi connectivity index (χ3v) is 4.44. The maximum absolute atomic E-state index is 12.1. The average molecular weight is 372 g/mol. The minimum atomic E-state index is -0.704. The van der Waals surface area contributed by atoms with E-state index in [9.17, 15) is 19.2 Å². The second kappa shape index (κ2) is 10.9. The van der Waals surface area contributed by atoms with Gasteiger partial charge >= 0.3 is 11.9 Å². The van der Waals surface area contributed by atoms with Crippen molar-refractivity contribution in [2.24, 2.45) is 0 Å². The maximum Gasteiger partial charge on any atom is 0.331 e. The summed E-state index contributed by atoms with van der Waals surface area (Å²) in [5.74, 6) is -1.61. The van der Waals surface area contributed by atoms with Crippen LogP contribution in [0.25, 0.3) is 0 Å². The number of ether oxygens (including phenoxy) is 2. The molecule has 8 nitrogen and oxygen atoms in total. The van der Waals surface area contributed by atoms with E-state index in [0.29, 0.717) is 19.4 Å². The number of esters is 2. The number of amides is 1. The van der Waals surface area contributed by atoms with Crippen molar-refractivity contribution in [1.29, 1.82) is 0 Å². The van der Waals surface area contributed by atoms with Crippen LogP contribution in [-0.4, -0.2) is 72.4 Å². The quantitative estimate of drug-likeness (QED) is 0.395. The largest absolute Gasteiger partial charge is 0.427 e. The standard InChI is InChI=1S/C16H24N2O6.2CH4/c1-11(19)9-14(20)18-8-4-6-13(18)16(22)24-10-23-15(21)12-5-3-7-17(12)2;;/h12-13H,3-10H2,1-2H3;2*1H4. The highest BCUT2D eigenvalue weighted by molar-refractivity contribution is 5.98. The second-order valence-corrected chi connectivity index (χ2v) is 6.31. The molecule has 8 heteroatoms. The SMILES string of the molecule is C.C.CC(=O)CC(=O)N1CCCC1C(=O)OCOC(=O)C1CCCN1C. The van der Waals surface area contributed by atoms with E-state index in [1.165, 1.54) is 11.8 Å². The Hall–Kier alpha value is -1.96. The predicted octanol–water partition coefficient (Wildman–Crippen LogP) is 1.37. The molecular formula is C18H32N2O6. The fourth-order valence-electron chi connectivity index (χ4n) is 3.17. The first-order chi connectivity index (χ1) is 11.4. The molecule has 2 heterocycles. The van der Waals surface area contributed by atoms with Crippen molar-refractivity contribution in [3.63, 3.8) is 0 Å². The Bertz CT molecular complexity index is 522. The number of ketones is 1. The summed E-state index contributed by atoms with van der Waals surface area (Å²) in [6.45, 7) is 2.15. The van der Waals surface area contributed by atoms with Gasteiger partial charge in [-0.3, -0.25) is 19.3 Å². The summed E-state index contributed by atoms with van der Waals surface area (Å²) >= 11 is 0. The fraction of sp³-hybridized carbons (Fsp3) is 0.778. The summed E-state index contributed by atoms with van der Waals surface area (Å²) < 4.78 is 10.0. The lowest BCUT2D eigenvalue weighted by molar-refractivity contribution is -0.174. The van der Waals surface area contributed by atoms with E-state index in [1.54, 1.807) is 0 Å². The summed E-state index contributed by atoms with van der Waals surface area (Å²) in [5.41, 5.74) is 0. The van der Waals surface area contributed by atoms with Gasteiger partial charge in [-0.25, -0.2) is 4.79 Å². The maximum atomic E-state index is 12.1. The molecule has 0 aromatic rings. The van der Waals surface area contributed by atoms with Crippen LogP contribution >= 0.6 is 0 Å². The molecule has 0 spiro atoms. The molecule has 2 rings (SSSR count). The lowest BCUT2D eigenvalue weighted by Gasteiger charge is -2.23. The molecule has 0 aromatic carbocycles. The molecule has 0 aliphatic carbocycles. The van der Waals surface area contributed by atoms with Gasteiger partial charge in [-0.1, -0.05) is 14.9 Å². The van der Waals surface area contributed by atoms with Gasteiger partial charge in [-0.15, -0.1) is 0 Å². The summed E-state index contributed by atoms with van der Waals surface area (Å²) in [6, 6.07) is -0.992. The number of rotatable bonds is 6. The van der Waals surface area contributed by atoms with Gasteiger partial charge in [-0.05, 0) is 46.2 Å². The van der Waals surface area contributed by atoms with Crippen molar-refractivity contribution in [2.45, 2.75) is 66.0 Å². The van der Waals surface area contributed by atoms with Crippen LogP contribution in [0.5, 0.6) is 0 Å². The monoisotopic (exact) mass is 372 g/mol. The molecule has 2 saturated heterocycles. The number of carbonyl (C=O) groups excluding carboxylic acids is 4. The van der Waals surface area contributed by atoms with Crippen molar-refractivity contribution >= 4 is 23.6 Å². The molecule has 2 atom stereocenters. The lowest BCUT2D eigenvalue weighted by Crippen LogP contribution is -2.42. The number of nitrogens with zero attached hydrogens (tertiary/aromatic N) is 2. The van der Waals surface area contributed by atoms with Gasteiger partial charge in [0.05, 0.1) is 6.42 Å². The Morgan fingerprint density at radius 3 is 2.00 bits per heavy atom. The molecule has 26 heavy (non-hydrogen) atoms. The van der Waals surface area contributed by atoms with Crippen LogP contribution in [0.15, 0.2) is 0 Å². The highest BCUT2D eigenvalue weighted by Crippen LogP contribution is 2.20. The molecule has 150 valence electrons. The topological polar surface area (TPSA) is 93.2 Å². The van der Waals surface area contributed by atoms with Crippen LogP contribution in [0.3, 0.4) is 0 Å². The van der Waals surface area contributed by atoms with Crippen LogP contribution < -0.4 is 0 Å². The number of hydrogen-bond acceptors (Lipinski definition) is 7. The number of likely N-dealkylation sites (tertiary alicyclic amines) is 2. The van der Waals surface area contributed by atoms with Crippen LogP contribution in [0.2, 0.25) is 0 Å². The first-order valence-electron chi connectivity index (χ1n) is 8.22. The van der Waals surface area contributed by atoms with Crippen molar-refractivity contribution in [3.05, 3.63) is 0 Å². The zero-order valence-corrected chi connectivity index (χ0v) is 14.2. The molecule has 2 aliphatic rings. The Kier molecular flexibility index (Phi) is 10.1. The van der Waals surface area contributed by atoms with Crippen molar-refractivity contribution in [3.8, 4) is 0 Å². The zero-order valence-electron chi connectivity index (χ0n) is 14.2. The first kappa shape index (κ1) is 24.0. The van der Waals surface area contributed by atoms with Crippen molar-refractivity contribution in [1.82, 2.24) is 9.80 Å². The highest BCUT2D eigenvalue weighted by Gasteiger charge is 2.36. The van der Waals surface area contributed by atoms with Crippen molar-refractivity contribution < 1.29 is 28.7 Å². The molecule has 0 aromatic heterocycles. The summed E-state index contributed by atoms with van der Waals surface area (Å²) in [4.78, 5) is 50.3. The second-order valence-electron chi connectivity index (χ2n) is 6.31. The Morgan fingerprint density at radius 1 is 0.923 bits per heavy atom. The first-order valence-corrected chi connectivity index (χ1v) is 8.22. The molecule has 1 amide bonds. The molecule has 2 fully saturated rings. The van der Waals surface area contributed by atoms with Crippen LogP contribution in [0.1, 0.15) is 53.9 Å². The molecule has 0 N–H and O–H groups in total. The predicted molar refractivity (Wildman–Crippen MR) is 96.2 cm³/mol. The van der Waals surface area contributed by atoms with E-state index in [0.717, 1.165) is 19.4 Å². The van der Waals surface area contributed by atoms with Gasteiger partial charge in [0.2, 0.25) is 12.7 Å². The van der Waals surface area contributed by atoms with Crippen LogP contribution in [0, 0.1) is 0 Å². The van der Waals surface area contributed by atoms with E-state index in [2.05, 4.69) is 0 Å². The van der Waals surface area contributed by atoms with E-state index in [1.807, 2.05) is 11.9 Å². The lowest BCUT2D eigenvalue weighted by atomic mass is 10.2. The zero-order chi connectivity index (χ0) is 17.7. The average Bonchev–Trinajstić information content (AvgIpc) is 3.14. The Labute approximate surface area is 155 Å². The molecule has 2 unspecified atom stereocenters. The minimum Gasteiger partial charge on any atom is -0.427 e. The number of carbonyl (C=O) groups is 4. The number of Topliss-reactive ketones (excluding diaryl/α,β-unsaturated/α-hetero) is 1. The van der Waals surface area contributed by atoms with E-state index >= 15 is 0 Å². The molecule has 0 bridgehead atoms. The van der Waals surface area contributed by atoms with Gasteiger partial charge < -0.3 is 14.4 Å². The number of likely N-dealkylation sites (N-methyl/N-ethyl adjacent to an activating group) is 1. The van der Waals surface area contributed by atoms with Gasteiger partial charge in [0.25, 0.3) is 0 Å². The molecular weight excluding hydrogens is 340 g/mol. The summed E-state index contributed by atoms with van der Waals surface area (Å²) in [6.07, 6.45) is 2.62. The van der Waals surface area contributed by atoms with E-state index in [-0.39, 0.29) is 39.0 Å². The molecule has 0 radical (unpaired) electrons. The Balaban J connectivity index is 0.00000312. The third kappa shape index (κ3) is 6.09. The van der Waals surface area contributed by atoms with Crippen LogP contribution in [-0.2, 0) is 28.7 Å². The number of hydrogen-bond donors (Lipinski definition) is 0. The van der Waals surface area contributed by atoms with E-state index < -0.39 is 24.8 Å². The van der Waals surface area contributed by atoms with Gasteiger partial charge in [0.15, 0.2) is 0 Å². The fourth-order valence-corrected chi connectivity index (χ4v) is 3.17. The van der Waals surface area contributed by atoms with E-state index in [4.69, 9.17) is 9.47 Å². The highest BCUT2D eigenvalue weighted by atomic mass is 16.7. The van der Waals surface area contributed by atoms with Gasteiger partial charge in [0.1, 0.15) is 17.9 Å². The smallest absolute Gasteiger partial charge is 0.331 e. The van der Waals surface area contributed by atoms with Gasteiger partial charge in [0, 0.05) is 6.54 Å². The Morgan fingerprint density at radius 2 is 1.46 bits per heavy atom. The molecule has 2 aliphatic heterocycles. The van der Waals surface area contributed by atoms with Gasteiger partial charge in [-0.2, -0.15) is 0 Å².